The normalized spacial score (nSPS) is 21.9. The number of benzene rings is 1. The fourth-order valence-electron chi connectivity index (χ4n) is 2.68. The molecule has 23 heavy (non-hydrogen) atoms. The second-order valence-corrected chi connectivity index (χ2v) is 7.10. The number of halogens is 1. The topological polar surface area (TPSA) is 61.8 Å². The van der Waals surface area contributed by atoms with E-state index in [1.165, 1.54) is 12.1 Å². The van der Waals surface area contributed by atoms with E-state index in [1.807, 2.05) is 27.7 Å². The number of amides is 1. The number of nitrogens with one attached hydrogen (secondary N) is 1. The molecule has 128 valence electrons. The Morgan fingerprint density at radius 3 is 2.70 bits per heavy atom. The zero-order valence-corrected chi connectivity index (χ0v) is 14.1. The molecule has 1 saturated heterocycles. The van der Waals surface area contributed by atoms with Gasteiger partial charge in [0.1, 0.15) is 17.2 Å². The van der Waals surface area contributed by atoms with Crippen LogP contribution in [0.5, 0.6) is 5.75 Å². The van der Waals surface area contributed by atoms with Crippen LogP contribution >= 0.6 is 0 Å². The average Bonchev–Trinajstić information content (AvgIpc) is 2.41. The lowest BCUT2D eigenvalue weighted by Crippen LogP contribution is -2.48. The minimum atomic E-state index is -0.505. The first-order valence-corrected chi connectivity index (χ1v) is 7.88. The molecule has 0 radical (unpaired) electrons. The van der Waals surface area contributed by atoms with Gasteiger partial charge in [0.15, 0.2) is 0 Å². The van der Waals surface area contributed by atoms with Crippen molar-refractivity contribution in [3.05, 3.63) is 24.0 Å². The lowest BCUT2D eigenvalue weighted by molar-refractivity contribution is 0.0165. The van der Waals surface area contributed by atoms with E-state index in [9.17, 15) is 14.3 Å². The molecular weight excluding hydrogens is 299 g/mol. The van der Waals surface area contributed by atoms with Gasteiger partial charge in [-0.2, -0.15) is 0 Å². The number of rotatable bonds is 2. The van der Waals surface area contributed by atoms with Crippen LogP contribution in [0.15, 0.2) is 18.2 Å². The van der Waals surface area contributed by atoms with Crippen molar-refractivity contribution in [1.29, 1.82) is 0 Å². The maximum Gasteiger partial charge on any atom is 0.410 e. The van der Waals surface area contributed by atoms with Gasteiger partial charge in [-0.25, -0.2) is 9.18 Å². The van der Waals surface area contributed by atoms with Crippen LogP contribution in [0.1, 0.15) is 34.1 Å². The van der Waals surface area contributed by atoms with Crippen LogP contribution in [0.2, 0.25) is 0 Å². The third kappa shape index (κ3) is 4.74. The number of hydrogen-bond acceptors (Lipinski definition) is 4. The summed E-state index contributed by atoms with van der Waals surface area (Å²) in [4.78, 5) is 13.8. The summed E-state index contributed by atoms with van der Waals surface area (Å²) in [7, 11) is 0. The number of nitrogens with zero attached hydrogens (tertiary/aromatic N) is 1. The molecule has 2 rings (SSSR count). The molecule has 1 fully saturated rings. The molecule has 0 aliphatic carbocycles. The van der Waals surface area contributed by atoms with Crippen LogP contribution in [0, 0.1) is 11.7 Å². The number of carbonyl (C=O) groups excluding carboxylic acids is 1. The van der Waals surface area contributed by atoms with E-state index < -0.39 is 11.4 Å². The van der Waals surface area contributed by atoms with Gasteiger partial charge in [-0.3, -0.25) is 0 Å². The highest BCUT2D eigenvalue weighted by Gasteiger charge is 2.31. The summed E-state index contributed by atoms with van der Waals surface area (Å²) < 4.78 is 18.4. The quantitative estimate of drug-likeness (QED) is 0.816. The summed E-state index contributed by atoms with van der Waals surface area (Å²) in [5.41, 5.74) is 0.00366. The van der Waals surface area contributed by atoms with E-state index in [-0.39, 0.29) is 23.8 Å². The molecule has 1 aliphatic heterocycles. The molecular formula is C17H25FN2O3. The highest BCUT2D eigenvalue weighted by atomic mass is 19.1. The van der Waals surface area contributed by atoms with Crippen molar-refractivity contribution in [2.24, 2.45) is 5.92 Å². The Morgan fingerprint density at radius 2 is 2.13 bits per heavy atom. The molecule has 2 atom stereocenters. The van der Waals surface area contributed by atoms with Crippen molar-refractivity contribution in [3.8, 4) is 5.75 Å². The van der Waals surface area contributed by atoms with Crippen LogP contribution in [0.4, 0.5) is 14.9 Å². The minimum absolute atomic E-state index is 0.102. The Kier molecular flexibility index (Phi) is 5.02. The molecule has 5 nitrogen and oxygen atoms in total. The molecule has 0 aromatic heterocycles. The molecule has 1 aromatic carbocycles. The molecule has 0 bridgehead atoms. The Morgan fingerprint density at radius 1 is 1.43 bits per heavy atom. The number of carbonyl (C=O) groups is 1. The molecule has 2 N–H and O–H groups in total. The standard InChI is InChI=1S/C17H25FN2O3/c1-11-10-20(16(22)23-17(2,3)4)8-7-13(11)19-14-6-5-12(18)9-15(14)21/h5-6,9,11,13,19,21H,7-8,10H2,1-4H3/t11-,13-/m1/s1. The Balaban J connectivity index is 1.95. The van der Waals surface area contributed by atoms with E-state index >= 15 is 0 Å². The zero-order chi connectivity index (χ0) is 17.2. The number of likely N-dealkylation sites (tertiary alicyclic amines) is 1. The van der Waals surface area contributed by atoms with E-state index in [0.29, 0.717) is 18.8 Å². The first-order valence-electron chi connectivity index (χ1n) is 7.88. The fourth-order valence-corrected chi connectivity index (χ4v) is 2.68. The van der Waals surface area contributed by atoms with Crippen molar-refractivity contribution < 1.29 is 19.0 Å². The first kappa shape index (κ1) is 17.4. The maximum atomic E-state index is 13.0. The molecule has 0 spiro atoms. The maximum absolute atomic E-state index is 13.0. The molecule has 1 amide bonds. The summed E-state index contributed by atoms with van der Waals surface area (Å²) in [5.74, 6) is -0.395. The average molecular weight is 324 g/mol. The van der Waals surface area contributed by atoms with Crippen molar-refractivity contribution >= 4 is 11.8 Å². The predicted molar refractivity (Wildman–Crippen MR) is 87.1 cm³/mol. The van der Waals surface area contributed by atoms with Crippen LogP contribution in [-0.4, -0.2) is 40.8 Å². The van der Waals surface area contributed by atoms with Gasteiger partial charge in [0.2, 0.25) is 0 Å². The van der Waals surface area contributed by atoms with Gasteiger partial charge in [0.05, 0.1) is 5.69 Å². The molecule has 1 aliphatic rings. The van der Waals surface area contributed by atoms with E-state index in [0.717, 1.165) is 12.5 Å². The van der Waals surface area contributed by atoms with Crippen LogP contribution in [0.25, 0.3) is 0 Å². The second kappa shape index (κ2) is 6.64. The van der Waals surface area contributed by atoms with Gasteiger partial charge in [-0.05, 0) is 45.2 Å². The first-order chi connectivity index (χ1) is 10.7. The van der Waals surface area contributed by atoms with Crippen molar-refractivity contribution in [2.75, 3.05) is 18.4 Å². The van der Waals surface area contributed by atoms with Gasteiger partial charge in [0.25, 0.3) is 0 Å². The highest BCUT2D eigenvalue weighted by molar-refractivity contribution is 5.68. The Bertz CT molecular complexity index is 571. The van der Waals surface area contributed by atoms with Gasteiger partial charge >= 0.3 is 6.09 Å². The summed E-state index contributed by atoms with van der Waals surface area (Å²) in [6.07, 6.45) is 0.435. The van der Waals surface area contributed by atoms with Gasteiger partial charge in [-0.1, -0.05) is 6.92 Å². The molecule has 0 saturated carbocycles. The summed E-state index contributed by atoms with van der Waals surface area (Å²) in [5, 5.41) is 13.0. The summed E-state index contributed by atoms with van der Waals surface area (Å²) in [6.45, 7) is 8.74. The Hall–Kier alpha value is -1.98. The van der Waals surface area contributed by atoms with Crippen molar-refractivity contribution in [3.63, 3.8) is 0 Å². The number of anilines is 1. The fraction of sp³-hybridized carbons (Fsp3) is 0.588. The monoisotopic (exact) mass is 324 g/mol. The second-order valence-electron chi connectivity index (χ2n) is 7.10. The summed E-state index contributed by atoms with van der Waals surface area (Å²) in [6, 6.07) is 4.02. The third-order valence-electron chi connectivity index (χ3n) is 3.86. The Labute approximate surface area is 136 Å². The van der Waals surface area contributed by atoms with Crippen LogP contribution < -0.4 is 5.32 Å². The summed E-state index contributed by atoms with van der Waals surface area (Å²) >= 11 is 0. The van der Waals surface area contributed by atoms with Gasteiger partial charge in [0, 0.05) is 25.2 Å². The highest BCUT2D eigenvalue weighted by Crippen LogP contribution is 2.28. The number of hydrogen-bond donors (Lipinski definition) is 2. The lowest BCUT2D eigenvalue weighted by Gasteiger charge is -2.38. The van der Waals surface area contributed by atoms with Gasteiger partial charge in [-0.15, -0.1) is 0 Å². The molecule has 0 unspecified atom stereocenters. The zero-order valence-electron chi connectivity index (χ0n) is 14.1. The number of ether oxygens (including phenoxy) is 1. The smallest absolute Gasteiger partial charge is 0.410 e. The molecule has 1 heterocycles. The number of piperidine rings is 1. The number of phenolic OH excluding ortho intramolecular Hbond substituents is 1. The largest absolute Gasteiger partial charge is 0.506 e. The number of aromatic hydroxyl groups is 1. The molecule has 1 aromatic rings. The van der Waals surface area contributed by atoms with E-state index in [1.54, 1.807) is 4.90 Å². The predicted octanol–water partition coefficient (Wildman–Crippen LogP) is 3.59. The van der Waals surface area contributed by atoms with E-state index in [2.05, 4.69) is 5.32 Å². The van der Waals surface area contributed by atoms with Crippen molar-refractivity contribution in [2.45, 2.75) is 45.8 Å². The minimum Gasteiger partial charge on any atom is -0.506 e. The van der Waals surface area contributed by atoms with Gasteiger partial charge < -0.3 is 20.1 Å². The lowest BCUT2D eigenvalue weighted by atomic mass is 9.93. The van der Waals surface area contributed by atoms with Crippen molar-refractivity contribution in [1.82, 2.24) is 4.90 Å². The molecule has 6 heteroatoms. The SMILES string of the molecule is C[C@@H]1CN(C(=O)OC(C)(C)C)CC[C@H]1Nc1ccc(F)cc1O. The van der Waals surface area contributed by atoms with Crippen LogP contribution in [0.3, 0.4) is 0 Å². The van der Waals surface area contributed by atoms with Crippen LogP contribution in [-0.2, 0) is 4.74 Å². The van der Waals surface area contributed by atoms with E-state index in [4.69, 9.17) is 4.74 Å². The number of phenols is 1. The third-order valence-corrected chi connectivity index (χ3v) is 3.86.